The zero-order chi connectivity index (χ0) is 24.8. The highest BCUT2D eigenvalue weighted by molar-refractivity contribution is 5.86. The number of allylic oxidation sites excluding steroid dienone is 3. The van der Waals surface area contributed by atoms with Gasteiger partial charge < -0.3 is 25.8 Å². The Hall–Kier alpha value is -1.21. The number of carbonyl (C=O) groups excluding carboxylic acids is 1. The molecule has 2 rings (SSSR count). The fourth-order valence-corrected chi connectivity index (χ4v) is 5.84. The topological polar surface area (TPSA) is 113 Å². The summed E-state index contributed by atoms with van der Waals surface area (Å²) in [5, 5.41) is 31.6. The first-order valence-corrected chi connectivity index (χ1v) is 12.8. The molecule has 2 aliphatic rings. The quantitative estimate of drug-likeness (QED) is 0.290. The molecule has 1 spiro atoms. The first-order chi connectivity index (χ1) is 15.5. The highest BCUT2D eigenvalue weighted by Crippen LogP contribution is 2.49. The van der Waals surface area contributed by atoms with Gasteiger partial charge in [0.1, 0.15) is 0 Å². The van der Waals surface area contributed by atoms with Crippen LogP contribution in [0.3, 0.4) is 0 Å². The van der Waals surface area contributed by atoms with Crippen LogP contribution in [0.4, 0.5) is 0 Å². The minimum absolute atomic E-state index is 0.00903. The minimum atomic E-state index is -0.484. The van der Waals surface area contributed by atoms with Gasteiger partial charge >= 0.3 is 0 Å². The van der Waals surface area contributed by atoms with E-state index in [1.165, 1.54) is 6.08 Å². The lowest BCUT2D eigenvalue weighted by Crippen LogP contribution is -2.59. The fraction of sp³-hybridized carbons (Fsp3) is 0.815. The van der Waals surface area contributed by atoms with E-state index in [4.69, 9.17) is 10.5 Å². The van der Waals surface area contributed by atoms with Crippen LogP contribution < -0.4 is 5.73 Å². The molecule has 1 saturated carbocycles. The predicted molar refractivity (Wildman–Crippen MR) is 131 cm³/mol. The number of ether oxygens (including phenoxy) is 1. The number of aliphatic hydroxyl groups is 3. The number of nitrogens with two attached hydrogens (primary N) is 1. The number of hydrogen-bond acceptors (Lipinski definition) is 5. The van der Waals surface area contributed by atoms with E-state index in [1.807, 2.05) is 20.8 Å². The lowest BCUT2D eigenvalue weighted by Gasteiger charge is -2.55. The van der Waals surface area contributed by atoms with Crippen molar-refractivity contribution in [3.8, 4) is 0 Å². The van der Waals surface area contributed by atoms with E-state index in [2.05, 4.69) is 19.9 Å². The Morgan fingerprint density at radius 3 is 2.45 bits per heavy atom. The molecule has 1 saturated heterocycles. The van der Waals surface area contributed by atoms with Crippen molar-refractivity contribution in [2.45, 2.75) is 103 Å². The maximum atomic E-state index is 11.0. The summed E-state index contributed by atoms with van der Waals surface area (Å²) in [5.74, 6) is 0.440. The van der Waals surface area contributed by atoms with Crippen LogP contribution in [-0.4, -0.2) is 51.7 Å². The van der Waals surface area contributed by atoms with Gasteiger partial charge in [0, 0.05) is 30.9 Å². The molecule has 6 heteroatoms. The van der Waals surface area contributed by atoms with E-state index < -0.39 is 23.7 Å². The lowest BCUT2D eigenvalue weighted by molar-refractivity contribution is -0.240. The summed E-state index contributed by atoms with van der Waals surface area (Å²) in [6.07, 6.45) is 9.96. The Kier molecular flexibility index (Phi) is 10.6. The molecule has 0 radical (unpaired) electrons. The molecule has 1 heterocycles. The van der Waals surface area contributed by atoms with E-state index >= 15 is 0 Å². The molecule has 0 aromatic rings. The van der Waals surface area contributed by atoms with Gasteiger partial charge in [-0.25, -0.2) is 0 Å². The minimum Gasteiger partial charge on any atom is -0.396 e. The summed E-state index contributed by atoms with van der Waals surface area (Å²) in [7, 11) is 0. The molecule has 1 aliphatic heterocycles. The molecule has 1 aliphatic carbocycles. The summed E-state index contributed by atoms with van der Waals surface area (Å²) in [6, 6.07) is 0. The molecular weight excluding hydrogens is 418 g/mol. The van der Waals surface area contributed by atoms with Crippen LogP contribution in [0.5, 0.6) is 0 Å². The highest BCUT2D eigenvalue weighted by Gasteiger charge is 2.53. The maximum Gasteiger partial charge on any atom is 0.241 e. The Labute approximate surface area is 200 Å². The Balaban J connectivity index is 2.01. The van der Waals surface area contributed by atoms with Crippen molar-refractivity contribution in [2.75, 3.05) is 6.61 Å². The largest absolute Gasteiger partial charge is 0.396 e. The molecule has 2 fully saturated rings. The van der Waals surface area contributed by atoms with Crippen molar-refractivity contribution in [3.63, 3.8) is 0 Å². The van der Waals surface area contributed by atoms with E-state index in [-0.39, 0.29) is 30.5 Å². The number of hydrogen-bond donors (Lipinski definition) is 4. The van der Waals surface area contributed by atoms with Crippen LogP contribution in [0.15, 0.2) is 23.8 Å². The van der Waals surface area contributed by atoms with Crippen LogP contribution in [0, 0.1) is 29.6 Å². The van der Waals surface area contributed by atoms with Gasteiger partial charge in [0.25, 0.3) is 0 Å². The highest BCUT2D eigenvalue weighted by atomic mass is 16.5. The van der Waals surface area contributed by atoms with Gasteiger partial charge in [-0.2, -0.15) is 0 Å². The molecular formula is C27H47NO5. The van der Waals surface area contributed by atoms with Crippen molar-refractivity contribution < 1.29 is 24.9 Å². The third kappa shape index (κ3) is 7.38. The third-order valence-electron chi connectivity index (χ3n) is 8.50. The third-order valence-corrected chi connectivity index (χ3v) is 8.50. The number of aliphatic hydroxyl groups excluding tert-OH is 3. The monoisotopic (exact) mass is 465 g/mol. The van der Waals surface area contributed by atoms with Crippen molar-refractivity contribution in [2.24, 2.45) is 35.3 Å². The second-order valence-electron chi connectivity index (χ2n) is 10.8. The predicted octanol–water partition coefficient (Wildman–Crippen LogP) is 3.73. The fourth-order valence-electron chi connectivity index (χ4n) is 5.84. The van der Waals surface area contributed by atoms with Gasteiger partial charge in [0.05, 0.1) is 23.9 Å². The number of amides is 1. The molecule has 190 valence electrons. The normalized spacial score (nSPS) is 37.4. The second-order valence-corrected chi connectivity index (χ2v) is 10.8. The van der Waals surface area contributed by atoms with E-state index in [0.29, 0.717) is 18.3 Å². The van der Waals surface area contributed by atoms with Crippen LogP contribution >= 0.6 is 0 Å². The SMILES string of the molecule is CCC(/C=C/C(N)=O)=C\CC[C@@H](CO)C[C@@H](C)[C@@H]1C[C@H](O)[C@H](C)[C@@]2(C1)C[C@@H](O)[C@H](C)[C@@H](C)O2. The van der Waals surface area contributed by atoms with Crippen molar-refractivity contribution in [1.82, 2.24) is 0 Å². The summed E-state index contributed by atoms with van der Waals surface area (Å²) in [5.41, 5.74) is 5.77. The molecule has 33 heavy (non-hydrogen) atoms. The molecule has 5 N–H and O–H groups in total. The van der Waals surface area contributed by atoms with Crippen molar-refractivity contribution in [1.29, 1.82) is 0 Å². The Bertz CT molecular complexity index is 678. The molecule has 0 unspecified atom stereocenters. The smallest absolute Gasteiger partial charge is 0.241 e. The van der Waals surface area contributed by atoms with Crippen LogP contribution in [-0.2, 0) is 9.53 Å². The van der Waals surface area contributed by atoms with Crippen LogP contribution in [0.25, 0.3) is 0 Å². The maximum absolute atomic E-state index is 11.0. The van der Waals surface area contributed by atoms with Gasteiger partial charge in [0.15, 0.2) is 0 Å². The van der Waals surface area contributed by atoms with Crippen LogP contribution in [0.1, 0.15) is 79.6 Å². The average molecular weight is 466 g/mol. The number of primary amides is 1. The number of carbonyl (C=O) groups is 1. The molecule has 0 aromatic heterocycles. The summed E-state index contributed by atoms with van der Waals surface area (Å²) in [6.45, 7) is 10.5. The summed E-state index contributed by atoms with van der Waals surface area (Å²) in [4.78, 5) is 11.0. The van der Waals surface area contributed by atoms with E-state index in [9.17, 15) is 20.1 Å². The van der Waals surface area contributed by atoms with Crippen molar-refractivity contribution >= 4 is 5.91 Å². The molecule has 1 amide bonds. The van der Waals surface area contributed by atoms with Gasteiger partial charge in [-0.15, -0.1) is 0 Å². The Morgan fingerprint density at radius 1 is 1.18 bits per heavy atom. The molecule has 9 atom stereocenters. The average Bonchev–Trinajstić information content (AvgIpc) is 2.76. The van der Waals surface area contributed by atoms with E-state index in [1.54, 1.807) is 6.08 Å². The zero-order valence-corrected chi connectivity index (χ0v) is 21.2. The lowest BCUT2D eigenvalue weighted by atomic mass is 9.62. The van der Waals surface area contributed by atoms with Gasteiger partial charge in [-0.1, -0.05) is 45.4 Å². The standard InChI is InChI=1S/C27H47NO5/c1-6-21(10-11-26(28)32)8-7-9-22(16-29)12-17(2)23-13-24(30)19(4)27(14-23)15-25(31)18(3)20(5)33-27/h8,10-11,17-20,22-25,29-31H,6-7,9,12-16H2,1-5H3,(H2,28,32)/b11-10+,21-8+/t17-,18-,19+,20-,22-,23-,24+,25-,27-/m1/s1. The Morgan fingerprint density at radius 2 is 1.88 bits per heavy atom. The molecule has 0 bridgehead atoms. The first kappa shape index (κ1) is 28.0. The van der Waals surface area contributed by atoms with Crippen molar-refractivity contribution in [3.05, 3.63) is 23.8 Å². The second kappa shape index (κ2) is 12.5. The molecule has 6 nitrogen and oxygen atoms in total. The van der Waals surface area contributed by atoms with Gasteiger partial charge in [-0.3, -0.25) is 4.79 Å². The van der Waals surface area contributed by atoms with Gasteiger partial charge in [-0.05, 0) is 63.2 Å². The molecule has 0 aromatic carbocycles. The first-order valence-electron chi connectivity index (χ1n) is 12.8. The summed E-state index contributed by atoms with van der Waals surface area (Å²) < 4.78 is 6.52. The van der Waals surface area contributed by atoms with E-state index in [0.717, 1.165) is 44.1 Å². The van der Waals surface area contributed by atoms with Crippen LogP contribution in [0.2, 0.25) is 0 Å². The van der Waals surface area contributed by atoms with Gasteiger partial charge in [0.2, 0.25) is 5.91 Å². The summed E-state index contributed by atoms with van der Waals surface area (Å²) >= 11 is 0. The zero-order valence-electron chi connectivity index (χ0n) is 21.2. The number of rotatable bonds is 10.